The van der Waals surface area contributed by atoms with Gasteiger partial charge in [-0.25, -0.2) is 4.98 Å². The Balaban J connectivity index is 2.85. The molecule has 0 bridgehead atoms. The van der Waals surface area contributed by atoms with E-state index in [-0.39, 0.29) is 0 Å². The smallest absolute Gasteiger partial charge is 0.142 e. The summed E-state index contributed by atoms with van der Waals surface area (Å²) in [5.74, 6) is 0. The molecule has 1 rings (SSSR count). The number of likely N-dealkylation sites (N-methyl/N-ethyl adjacent to an activating group) is 1. The SMILES string of the molecule is C=C(C)CN(C)c1ccnc(C#N)c1. The van der Waals surface area contributed by atoms with Crippen LogP contribution in [-0.4, -0.2) is 18.6 Å². The number of hydrogen-bond donors (Lipinski definition) is 0. The zero-order valence-electron chi connectivity index (χ0n) is 8.49. The van der Waals surface area contributed by atoms with Crippen molar-refractivity contribution < 1.29 is 0 Å². The molecule has 1 aromatic heterocycles. The molecule has 0 aliphatic carbocycles. The van der Waals surface area contributed by atoms with Gasteiger partial charge >= 0.3 is 0 Å². The van der Waals surface area contributed by atoms with Gasteiger partial charge in [-0.3, -0.25) is 0 Å². The zero-order chi connectivity index (χ0) is 10.6. The standard InChI is InChI=1S/C11H13N3/c1-9(2)8-14(3)11-4-5-13-10(6-11)7-12/h4-6H,1,8H2,2-3H3. The highest BCUT2D eigenvalue weighted by Gasteiger charge is 2.01. The molecule has 0 aliphatic heterocycles. The van der Waals surface area contributed by atoms with Gasteiger partial charge in [0.1, 0.15) is 11.8 Å². The van der Waals surface area contributed by atoms with Gasteiger partial charge in [0, 0.05) is 25.5 Å². The topological polar surface area (TPSA) is 39.9 Å². The first-order valence-electron chi connectivity index (χ1n) is 4.35. The van der Waals surface area contributed by atoms with Crippen LogP contribution in [-0.2, 0) is 0 Å². The molecule has 0 saturated carbocycles. The molecule has 0 aromatic carbocycles. The Morgan fingerprint density at radius 2 is 2.43 bits per heavy atom. The molecule has 3 nitrogen and oxygen atoms in total. The average molecular weight is 187 g/mol. The lowest BCUT2D eigenvalue weighted by Gasteiger charge is -2.18. The third-order valence-corrected chi connectivity index (χ3v) is 1.81. The number of pyridine rings is 1. The second-order valence-corrected chi connectivity index (χ2v) is 3.32. The van der Waals surface area contributed by atoms with E-state index in [1.165, 1.54) is 0 Å². The molecule has 0 radical (unpaired) electrons. The molecule has 0 atom stereocenters. The highest BCUT2D eigenvalue weighted by molar-refractivity contribution is 5.48. The van der Waals surface area contributed by atoms with E-state index >= 15 is 0 Å². The van der Waals surface area contributed by atoms with Gasteiger partial charge in [-0.1, -0.05) is 12.2 Å². The molecule has 0 amide bonds. The van der Waals surface area contributed by atoms with Crippen molar-refractivity contribution in [1.29, 1.82) is 5.26 Å². The van der Waals surface area contributed by atoms with E-state index < -0.39 is 0 Å². The molecule has 0 unspecified atom stereocenters. The van der Waals surface area contributed by atoms with Crippen LogP contribution < -0.4 is 4.90 Å². The summed E-state index contributed by atoms with van der Waals surface area (Å²) in [5.41, 5.74) is 2.51. The Morgan fingerprint density at radius 3 is 3.00 bits per heavy atom. The average Bonchev–Trinajstić information content (AvgIpc) is 2.17. The van der Waals surface area contributed by atoms with E-state index in [1.807, 2.05) is 31.0 Å². The normalized spacial score (nSPS) is 9.21. The van der Waals surface area contributed by atoms with Crippen LogP contribution >= 0.6 is 0 Å². The molecule has 0 spiro atoms. The van der Waals surface area contributed by atoms with Crippen molar-refractivity contribution in [3.05, 3.63) is 36.2 Å². The molecule has 0 N–H and O–H groups in total. The van der Waals surface area contributed by atoms with Crippen molar-refractivity contribution >= 4 is 5.69 Å². The van der Waals surface area contributed by atoms with E-state index in [1.54, 1.807) is 12.3 Å². The highest BCUT2D eigenvalue weighted by atomic mass is 15.1. The first-order valence-corrected chi connectivity index (χ1v) is 4.35. The molecule has 0 aliphatic rings. The maximum Gasteiger partial charge on any atom is 0.142 e. The Kier molecular flexibility index (Phi) is 3.24. The third kappa shape index (κ3) is 2.60. The maximum absolute atomic E-state index is 8.68. The van der Waals surface area contributed by atoms with Gasteiger partial charge in [0.25, 0.3) is 0 Å². The number of hydrogen-bond acceptors (Lipinski definition) is 3. The number of anilines is 1. The predicted molar refractivity (Wildman–Crippen MR) is 57.0 cm³/mol. The molecular formula is C11H13N3. The first kappa shape index (κ1) is 10.3. The maximum atomic E-state index is 8.68. The largest absolute Gasteiger partial charge is 0.370 e. The van der Waals surface area contributed by atoms with Crippen molar-refractivity contribution in [2.45, 2.75) is 6.92 Å². The summed E-state index contributed by atoms with van der Waals surface area (Å²) in [7, 11) is 1.96. The van der Waals surface area contributed by atoms with Crippen LogP contribution in [0, 0.1) is 11.3 Å². The third-order valence-electron chi connectivity index (χ3n) is 1.81. The number of aromatic nitrogens is 1. The van der Waals surface area contributed by atoms with Crippen LogP contribution in [0.4, 0.5) is 5.69 Å². The van der Waals surface area contributed by atoms with E-state index in [0.29, 0.717) is 5.69 Å². The highest BCUT2D eigenvalue weighted by Crippen LogP contribution is 2.13. The van der Waals surface area contributed by atoms with Crippen LogP contribution in [0.25, 0.3) is 0 Å². The van der Waals surface area contributed by atoms with Gasteiger partial charge in [0.15, 0.2) is 0 Å². The Labute approximate surface area is 84.3 Å². The second kappa shape index (κ2) is 4.43. The summed E-state index contributed by atoms with van der Waals surface area (Å²) in [5, 5.41) is 8.68. The summed E-state index contributed by atoms with van der Waals surface area (Å²) >= 11 is 0. The molecule has 1 aromatic rings. The Bertz CT molecular complexity index is 376. The lowest BCUT2D eigenvalue weighted by atomic mass is 10.2. The molecule has 0 saturated heterocycles. The fraction of sp³-hybridized carbons (Fsp3) is 0.273. The number of nitriles is 1. The lowest BCUT2D eigenvalue weighted by Crippen LogP contribution is -2.19. The summed E-state index contributed by atoms with van der Waals surface area (Å²) in [6, 6.07) is 5.66. The van der Waals surface area contributed by atoms with Gasteiger partial charge in [-0.05, 0) is 19.1 Å². The number of rotatable bonds is 3. The van der Waals surface area contributed by atoms with Crippen molar-refractivity contribution in [2.75, 3.05) is 18.5 Å². The number of nitrogens with zero attached hydrogens (tertiary/aromatic N) is 3. The van der Waals surface area contributed by atoms with Crippen molar-refractivity contribution in [3.63, 3.8) is 0 Å². The summed E-state index contributed by atoms with van der Waals surface area (Å²) < 4.78 is 0. The summed E-state index contributed by atoms with van der Waals surface area (Å²) in [6.07, 6.45) is 1.64. The molecule has 14 heavy (non-hydrogen) atoms. The van der Waals surface area contributed by atoms with E-state index in [9.17, 15) is 0 Å². The van der Waals surface area contributed by atoms with Crippen LogP contribution in [0.1, 0.15) is 12.6 Å². The van der Waals surface area contributed by atoms with Gasteiger partial charge in [0.2, 0.25) is 0 Å². The van der Waals surface area contributed by atoms with E-state index in [0.717, 1.165) is 17.8 Å². The lowest BCUT2D eigenvalue weighted by molar-refractivity contribution is 0.981. The predicted octanol–water partition coefficient (Wildman–Crippen LogP) is 1.97. The molecule has 0 fully saturated rings. The summed E-state index contributed by atoms with van der Waals surface area (Å²) in [6.45, 7) is 6.60. The van der Waals surface area contributed by atoms with Gasteiger partial charge in [0.05, 0.1) is 0 Å². The minimum absolute atomic E-state index is 0.441. The van der Waals surface area contributed by atoms with E-state index in [4.69, 9.17) is 5.26 Å². The second-order valence-electron chi connectivity index (χ2n) is 3.32. The minimum Gasteiger partial charge on any atom is -0.370 e. The monoisotopic (exact) mass is 187 g/mol. The van der Waals surface area contributed by atoms with Crippen molar-refractivity contribution in [3.8, 4) is 6.07 Å². The molecule has 72 valence electrons. The molecule has 3 heteroatoms. The van der Waals surface area contributed by atoms with Crippen molar-refractivity contribution in [2.24, 2.45) is 0 Å². The van der Waals surface area contributed by atoms with E-state index in [2.05, 4.69) is 11.6 Å². The van der Waals surface area contributed by atoms with Crippen LogP contribution in [0.3, 0.4) is 0 Å². The zero-order valence-corrected chi connectivity index (χ0v) is 8.49. The fourth-order valence-corrected chi connectivity index (χ4v) is 1.21. The Hall–Kier alpha value is -1.82. The minimum atomic E-state index is 0.441. The van der Waals surface area contributed by atoms with Crippen LogP contribution in [0.15, 0.2) is 30.5 Å². The van der Waals surface area contributed by atoms with Crippen molar-refractivity contribution in [1.82, 2.24) is 4.98 Å². The van der Waals surface area contributed by atoms with Gasteiger partial charge in [-0.15, -0.1) is 0 Å². The Morgan fingerprint density at radius 1 is 1.71 bits per heavy atom. The molecular weight excluding hydrogens is 174 g/mol. The van der Waals surface area contributed by atoms with Crippen LogP contribution in [0.5, 0.6) is 0 Å². The quantitative estimate of drug-likeness (QED) is 0.679. The molecule has 1 heterocycles. The summed E-state index contributed by atoms with van der Waals surface area (Å²) in [4.78, 5) is 5.94. The fourth-order valence-electron chi connectivity index (χ4n) is 1.21. The first-order chi connectivity index (χ1) is 6.63. The van der Waals surface area contributed by atoms with Gasteiger partial charge in [-0.2, -0.15) is 5.26 Å². The van der Waals surface area contributed by atoms with Crippen LogP contribution in [0.2, 0.25) is 0 Å². The van der Waals surface area contributed by atoms with Gasteiger partial charge < -0.3 is 4.90 Å².